The van der Waals surface area contributed by atoms with Crippen LogP contribution in [0.4, 0.5) is 0 Å². The van der Waals surface area contributed by atoms with Crippen molar-refractivity contribution in [2.45, 2.75) is 52.0 Å². The largest absolute Gasteiger partial charge is 0.388 e. The number of aromatic nitrogens is 3. The monoisotopic (exact) mass is 252 g/mol. The molecule has 2 N–H and O–H groups in total. The average molecular weight is 252 g/mol. The van der Waals surface area contributed by atoms with Crippen molar-refractivity contribution in [1.29, 1.82) is 0 Å². The maximum absolute atomic E-state index is 5.72. The van der Waals surface area contributed by atoms with Crippen molar-refractivity contribution in [3.8, 4) is 0 Å². The first kappa shape index (κ1) is 12.5. The van der Waals surface area contributed by atoms with Gasteiger partial charge in [0.1, 0.15) is 10.7 Å². The average Bonchev–Trinajstić information content (AvgIpc) is 2.56. The number of hydrogen-bond donors (Lipinski definition) is 1. The van der Waals surface area contributed by atoms with Gasteiger partial charge in [0.15, 0.2) is 0 Å². The quantitative estimate of drug-likeness (QED) is 0.816. The summed E-state index contributed by atoms with van der Waals surface area (Å²) >= 11 is 5.05. The fourth-order valence-corrected chi connectivity index (χ4v) is 2.27. The second kappa shape index (κ2) is 5.12. The Morgan fingerprint density at radius 3 is 2.71 bits per heavy atom. The van der Waals surface area contributed by atoms with Crippen LogP contribution in [0.25, 0.3) is 0 Å². The van der Waals surface area contributed by atoms with E-state index in [0.717, 1.165) is 18.7 Å². The summed E-state index contributed by atoms with van der Waals surface area (Å²) in [6, 6.07) is 0. The van der Waals surface area contributed by atoms with E-state index in [4.69, 9.17) is 18.0 Å². The van der Waals surface area contributed by atoms with Crippen LogP contribution in [-0.2, 0) is 6.54 Å². The minimum Gasteiger partial charge on any atom is -0.388 e. The van der Waals surface area contributed by atoms with Gasteiger partial charge in [-0.3, -0.25) is 0 Å². The smallest absolute Gasteiger partial charge is 0.143 e. The Bertz CT molecular complexity index is 407. The molecule has 17 heavy (non-hydrogen) atoms. The lowest BCUT2D eigenvalue weighted by Gasteiger charge is -2.26. The summed E-state index contributed by atoms with van der Waals surface area (Å²) in [5.74, 6) is 1.23. The maximum atomic E-state index is 5.72. The van der Waals surface area contributed by atoms with E-state index in [1.54, 1.807) is 0 Å². The van der Waals surface area contributed by atoms with Gasteiger partial charge in [0.2, 0.25) is 0 Å². The van der Waals surface area contributed by atoms with E-state index >= 15 is 0 Å². The molecule has 4 nitrogen and oxygen atoms in total. The van der Waals surface area contributed by atoms with Gasteiger partial charge in [0.05, 0.1) is 5.69 Å². The molecule has 1 aliphatic rings. The molecule has 94 valence electrons. The Morgan fingerprint density at radius 1 is 1.53 bits per heavy atom. The Hall–Kier alpha value is -0.970. The highest BCUT2D eigenvalue weighted by atomic mass is 32.1. The third-order valence-corrected chi connectivity index (χ3v) is 3.61. The fourth-order valence-electron chi connectivity index (χ4n) is 2.13. The van der Waals surface area contributed by atoms with E-state index in [0.29, 0.717) is 16.8 Å². The molecule has 1 saturated carbocycles. The highest BCUT2D eigenvalue weighted by molar-refractivity contribution is 7.80. The fraction of sp³-hybridized carbons (Fsp3) is 0.750. The first-order chi connectivity index (χ1) is 8.09. The van der Waals surface area contributed by atoms with Gasteiger partial charge in [-0.05, 0) is 25.2 Å². The minimum atomic E-state index is 0.377. The zero-order chi connectivity index (χ0) is 12.4. The number of thiocarbonyl (C=S) groups is 1. The Labute approximate surface area is 108 Å². The van der Waals surface area contributed by atoms with Gasteiger partial charge >= 0.3 is 0 Å². The predicted molar refractivity (Wildman–Crippen MR) is 72.0 cm³/mol. The lowest BCUT2D eigenvalue weighted by molar-refractivity contribution is 0.376. The molecule has 1 aromatic rings. The van der Waals surface area contributed by atoms with Crippen LogP contribution in [0, 0.1) is 5.92 Å². The van der Waals surface area contributed by atoms with Crippen molar-refractivity contribution in [1.82, 2.24) is 15.0 Å². The number of aryl methyl sites for hydroxylation is 1. The second-order valence-corrected chi connectivity index (χ2v) is 5.66. The van der Waals surface area contributed by atoms with Crippen LogP contribution >= 0.6 is 12.2 Å². The molecule has 2 rings (SSSR count). The third kappa shape index (κ3) is 2.65. The van der Waals surface area contributed by atoms with Gasteiger partial charge in [0.25, 0.3) is 0 Å². The molecule has 0 spiro atoms. The second-order valence-electron chi connectivity index (χ2n) is 5.22. The highest BCUT2D eigenvalue weighted by Gasteiger charge is 2.28. The van der Waals surface area contributed by atoms with Crippen LogP contribution < -0.4 is 5.73 Å². The van der Waals surface area contributed by atoms with Gasteiger partial charge in [-0.25, -0.2) is 4.68 Å². The predicted octanol–water partition coefficient (Wildman–Crippen LogP) is 2.23. The van der Waals surface area contributed by atoms with Crippen LogP contribution in [0.3, 0.4) is 0 Å². The topological polar surface area (TPSA) is 56.7 Å². The summed E-state index contributed by atoms with van der Waals surface area (Å²) in [7, 11) is 0. The van der Waals surface area contributed by atoms with Gasteiger partial charge in [0, 0.05) is 12.5 Å². The van der Waals surface area contributed by atoms with Gasteiger partial charge < -0.3 is 5.73 Å². The van der Waals surface area contributed by atoms with E-state index < -0.39 is 0 Å². The highest BCUT2D eigenvalue weighted by Crippen LogP contribution is 2.37. The zero-order valence-electron chi connectivity index (χ0n) is 10.5. The molecule has 5 heteroatoms. The van der Waals surface area contributed by atoms with Crippen LogP contribution in [-0.4, -0.2) is 20.0 Å². The number of rotatable bonds is 5. The molecular weight excluding hydrogens is 232 g/mol. The molecule has 0 aliphatic heterocycles. The summed E-state index contributed by atoms with van der Waals surface area (Å²) in [6.07, 6.45) is 4.83. The summed E-state index contributed by atoms with van der Waals surface area (Å²) in [4.78, 5) is 0.377. The van der Waals surface area contributed by atoms with Gasteiger partial charge in [-0.15, -0.1) is 5.10 Å². The van der Waals surface area contributed by atoms with Crippen molar-refractivity contribution in [3.05, 3.63) is 11.4 Å². The molecule has 0 aromatic carbocycles. The van der Waals surface area contributed by atoms with Crippen molar-refractivity contribution in [3.63, 3.8) is 0 Å². The van der Waals surface area contributed by atoms with Gasteiger partial charge in [-0.1, -0.05) is 37.7 Å². The van der Waals surface area contributed by atoms with E-state index in [2.05, 4.69) is 24.2 Å². The lowest BCUT2D eigenvalue weighted by atomic mass is 9.82. The van der Waals surface area contributed by atoms with Crippen molar-refractivity contribution in [2.24, 2.45) is 11.7 Å². The first-order valence-corrected chi connectivity index (χ1v) is 6.73. The molecule has 0 unspecified atom stereocenters. The summed E-state index contributed by atoms with van der Waals surface area (Å²) < 4.78 is 2.01. The van der Waals surface area contributed by atoms with E-state index in [-0.39, 0.29) is 0 Å². The van der Waals surface area contributed by atoms with Crippen LogP contribution in [0.2, 0.25) is 0 Å². The third-order valence-electron chi connectivity index (χ3n) is 3.42. The lowest BCUT2D eigenvalue weighted by Crippen LogP contribution is -2.21. The number of nitrogens with zero attached hydrogens (tertiary/aromatic N) is 3. The van der Waals surface area contributed by atoms with Crippen LogP contribution in [0.1, 0.15) is 56.8 Å². The molecule has 0 amide bonds. The molecule has 1 fully saturated rings. The van der Waals surface area contributed by atoms with Crippen molar-refractivity contribution >= 4 is 17.2 Å². The van der Waals surface area contributed by atoms with Crippen molar-refractivity contribution < 1.29 is 0 Å². The van der Waals surface area contributed by atoms with Crippen molar-refractivity contribution in [2.75, 3.05) is 0 Å². The number of nitrogens with two attached hydrogens (primary N) is 1. The van der Waals surface area contributed by atoms with Crippen LogP contribution in [0.5, 0.6) is 0 Å². The summed E-state index contributed by atoms with van der Waals surface area (Å²) in [5, 5.41) is 8.35. The summed E-state index contributed by atoms with van der Waals surface area (Å²) in [6.45, 7) is 5.35. The normalized spacial score (nSPS) is 16.2. The molecular formula is C12H20N4S. The van der Waals surface area contributed by atoms with E-state index in [1.165, 1.54) is 25.0 Å². The molecule has 1 heterocycles. The van der Waals surface area contributed by atoms with Gasteiger partial charge in [-0.2, -0.15) is 0 Å². The minimum absolute atomic E-state index is 0.377. The molecule has 0 atom stereocenters. The Kier molecular flexibility index (Phi) is 3.76. The standard InChI is InChI=1S/C12H20N4S/c1-8(2)6-7-16-11(9-4-3-5-9)10(12(13)17)14-15-16/h8-9H,3-7H2,1-2H3,(H2,13,17). The first-order valence-electron chi connectivity index (χ1n) is 6.32. The molecule has 0 bridgehead atoms. The number of hydrogen-bond acceptors (Lipinski definition) is 3. The zero-order valence-corrected chi connectivity index (χ0v) is 11.3. The summed E-state index contributed by atoms with van der Waals surface area (Å²) in [5.41, 5.74) is 7.63. The SMILES string of the molecule is CC(C)CCn1nnc(C(N)=S)c1C1CCC1. The maximum Gasteiger partial charge on any atom is 0.143 e. The molecule has 1 aromatic heterocycles. The van der Waals surface area contributed by atoms with Crippen LogP contribution in [0.15, 0.2) is 0 Å². The Morgan fingerprint density at radius 2 is 2.24 bits per heavy atom. The Balaban J connectivity index is 2.22. The molecule has 1 aliphatic carbocycles. The van der Waals surface area contributed by atoms with E-state index in [1.807, 2.05) is 4.68 Å². The molecule has 0 radical (unpaired) electrons. The van der Waals surface area contributed by atoms with E-state index in [9.17, 15) is 0 Å². The molecule has 0 saturated heterocycles.